The van der Waals surface area contributed by atoms with Crippen molar-refractivity contribution in [2.45, 2.75) is 13.3 Å². The van der Waals surface area contributed by atoms with Crippen molar-refractivity contribution in [1.29, 1.82) is 5.26 Å². The number of anilines is 2. The number of nitrogens with one attached hydrogen (secondary N) is 1. The lowest BCUT2D eigenvalue weighted by Crippen LogP contribution is -2.32. The van der Waals surface area contributed by atoms with Gasteiger partial charge in [-0.3, -0.25) is 14.7 Å². The number of rotatable bonds is 7. The Hall–Kier alpha value is -3.74. The largest absolute Gasteiger partial charge is 0.404 e. The predicted molar refractivity (Wildman–Crippen MR) is 132 cm³/mol. The lowest BCUT2D eigenvalue weighted by molar-refractivity contribution is -0.112. The van der Waals surface area contributed by atoms with Gasteiger partial charge in [0.1, 0.15) is 11.9 Å². The minimum atomic E-state index is -0.461. The predicted octanol–water partition coefficient (Wildman–Crippen LogP) is 2.78. The van der Waals surface area contributed by atoms with Crippen LogP contribution in [-0.4, -0.2) is 61.0 Å². The van der Waals surface area contributed by atoms with E-state index in [4.69, 9.17) is 5.73 Å². The van der Waals surface area contributed by atoms with Gasteiger partial charge in [-0.05, 0) is 62.4 Å². The van der Waals surface area contributed by atoms with Crippen molar-refractivity contribution < 1.29 is 14.3 Å². The average Bonchev–Trinajstić information content (AvgIpc) is 3.07. The van der Waals surface area contributed by atoms with Gasteiger partial charge in [0.15, 0.2) is 0 Å². The molecule has 0 spiro atoms. The van der Waals surface area contributed by atoms with E-state index in [-0.39, 0.29) is 18.0 Å². The van der Waals surface area contributed by atoms with Crippen LogP contribution in [0.5, 0.6) is 0 Å². The van der Waals surface area contributed by atoms with Gasteiger partial charge >= 0.3 is 0 Å². The van der Waals surface area contributed by atoms with Crippen LogP contribution in [-0.2, 0) is 4.79 Å². The lowest BCUT2D eigenvalue weighted by Gasteiger charge is -2.24. The molecule has 2 aromatic rings. The molecule has 1 aliphatic rings. The van der Waals surface area contributed by atoms with Crippen molar-refractivity contribution >= 4 is 28.7 Å². The van der Waals surface area contributed by atoms with Crippen molar-refractivity contribution in [3.05, 3.63) is 65.6 Å². The molecule has 178 valence electrons. The van der Waals surface area contributed by atoms with E-state index >= 15 is 0 Å². The molecule has 1 aliphatic heterocycles. The Morgan fingerprint density at radius 1 is 1.24 bits per heavy atom. The van der Waals surface area contributed by atoms with Crippen molar-refractivity contribution in [2.75, 3.05) is 49.5 Å². The highest BCUT2D eigenvalue weighted by Crippen LogP contribution is 2.25. The molecular formula is C25H29FN6O2. The SMILES string of the molecule is CC(=Nc1ccc(F)cc1)C(=CN)C(=O)Nc1ccc(N2CCCN(CCO)CC2)c(C#N)c1. The molecule has 9 heteroatoms. The number of hydrogen-bond donors (Lipinski definition) is 3. The Kier molecular flexibility index (Phi) is 8.73. The van der Waals surface area contributed by atoms with Gasteiger partial charge in [0.25, 0.3) is 5.91 Å². The molecule has 0 saturated carbocycles. The molecule has 1 fully saturated rings. The molecule has 1 amide bonds. The normalized spacial score (nSPS) is 15.5. The fourth-order valence-electron chi connectivity index (χ4n) is 3.88. The van der Waals surface area contributed by atoms with Gasteiger partial charge < -0.3 is 21.1 Å². The molecule has 0 unspecified atom stereocenters. The van der Waals surface area contributed by atoms with E-state index in [1.807, 2.05) is 6.07 Å². The van der Waals surface area contributed by atoms with Gasteiger partial charge in [-0.15, -0.1) is 0 Å². The Morgan fingerprint density at radius 3 is 2.68 bits per heavy atom. The minimum Gasteiger partial charge on any atom is -0.404 e. The van der Waals surface area contributed by atoms with Crippen LogP contribution in [0.3, 0.4) is 0 Å². The standard InChI is InChI=1S/C25H29FN6O2/c1-18(29-21-5-3-20(26)4-6-21)23(17-28)25(34)30-22-7-8-24(19(15-22)16-27)32-10-2-9-31(11-12-32)13-14-33/h3-8,15,17,33H,2,9-14,28H2,1H3,(H,30,34). The van der Waals surface area contributed by atoms with E-state index in [0.717, 1.165) is 38.3 Å². The quantitative estimate of drug-likeness (QED) is 0.428. The third kappa shape index (κ3) is 6.41. The highest BCUT2D eigenvalue weighted by atomic mass is 19.1. The topological polar surface area (TPSA) is 118 Å². The first-order valence-corrected chi connectivity index (χ1v) is 11.1. The number of nitrogens with zero attached hydrogens (tertiary/aromatic N) is 4. The summed E-state index contributed by atoms with van der Waals surface area (Å²) in [6.45, 7) is 5.68. The zero-order chi connectivity index (χ0) is 24.5. The van der Waals surface area contributed by atoms with Crippen LogP contribution in [0.1, 0.15) is 18.9 Å². The summed E-state index contributed by atoms with van der Waals surface area (Å²) >= 11 is 0. The number of aliphatic hydroxyl groups is 1. The van der Waals surface area contributed by atoms with Gasteiger partial charge in [-0.1, -0.05) is 0 Å². The summed E-state index contributed by atoms with van der Waals surface area (Å²) in [5, 5.41) is 21.7. The number of hydrogen-bond acceptors (Lipinski definition) is 7. The molecule has 2 aromatic carbocycles. The second-order valence-corrected chi connectivity index (χ2v) is 7.96. The summed E-state index contributed by atoms with van der Waals surface area (Å²) in [5.41, 5.74) is 8.48. The minimum absolute atomic E-state index is 0.130. The Bertz CT molecular complexity index is 1110. The number of aliphatic hydroxyl groups excluding tert-OH is 1. The molecule has 0 radical (unpaired) electrons. The van der Waals surface area contributed by atoms with Crippen LogP contribution in [0, 0.1) is 17.1 Å². The van der Waals surface area contributed by atoms with Crippen molar-refractivity contribution in [2.24, 2.45) is 10.7 Å². The van der Waals surface area contributed by atoms with Crippen LogP contribution in [0.15, 0.2) is 59.2 Å². The van der Waals surface area contributed by atoms with E-state index in [0.29, 0.717) is 29.2 Å². The van der Waals surface area contributed by atoms with Crippen molar-refractivity contribution in [3.8, 4) is 6.07 Å². The lowest BCUT2D eigenvalue weighted by atomic mass is 10.1. The van der Waals surface area contributed by atoms with E-state index in [1.54, 1.807) is 19.1 Å². The zero-order valence-electron chi connectivity index (χ0n) is 19.2. The number of carbonyl (C=O) groups excluding carboxylic acids is 1. The van der Waals surface area contributed by atoms with Gasteiger partial charge in [0.2, 0.25) is 0 Å². The summed E-state index contributed by atoms with van der Waals surface area (Å²) in [4.78, 5) is 21.5. The third-order valence-corrected chi connectivity index (χ3v) is 5.64. The third-order valence-electron chi connectivity index (χ3n) is 5.64. The molecule has 4 N–H and O–H groups in total. The van der Waals surface area contributed by atoms with E-state index in [9.17, 15) is 19.6 Å². The Morgan fingerprint density at radius 2 is 2.00 bits per heavy atom. The number of benzene rings is 2. The smallest absolute Gasteiger partial charge is 0.258 e. The highest BCUT2D eigenvalue weighted by Gasteiger charge is 2.19. The summed E-state index contributed by atoms with van der Waals surface area (Å²) in [6.07, 6.45) is 2.10. The summed E-state index contributed by atoms with van der Waals surface area (Å²) in [7, 11) is 0. The van der Waals surface area contributed by atoms with Gasteiger partial charge in [-0.25, -0.2) is 4.39 Å². The maximum absolute atomic E-state index is 13.1. The van der Waals surface area contributed by atoms with Gasteiger partial charge in [-0.2, -0.15) is 5.26 Å². The van der Waals surface area contributed by atoms with E-state index in [1.165, 1.54) is 30.5 Å². The number of nitriles is 1. The fraction of sp³-hybridized carbons (Fsp3) is 0.320. The molecule has 1 saturated heterocycles. The highest BCUT2D eigenvalue weighted by molar-refractivity contribution is 6.25. The molecule has 1 heterocycles. The number of carbonyl (C=O) groups is 1. The number of aliphatic imine (C=N–C) groups is 1. The van der Waals surface area contributed by atoms with E-state index < -0.39 is 5.91 Å². The molecular weight excluding hydrogens is 435 g/mol. The first-order chi connectivity index (χ1) is 16.4. The Balaban J connectivity index is 1.73. The molecule has 0 bridgehead atoms. The average molecular weight is 465 g/mol. The second-order valence-electron chi connectivity index (χ2n) is 7.96. The summed E-state index contributed by atoms with van der Waals surface area (Å²) < 4.78 is 13.1. The van der Waals surface area contributed by atoms with Crippen LogP contribution in [0.4, 0.5) is 21.5 Å². The summed E-state index contributed by atoms with van der Waals surface area (Å²) in [6, 6.07) is 13.1. The monoisotopic (exact) mass is 464 g/mol. The van der Waals surface area contributed by atoms with Crippen LogP contribution < -0.4 is 16.0 Å². The molecule has 0 atom stereocenters. The summed E-state index contributed by atoms with van der Waals surface area (Å²) in [5.74, 6) is -0.833. The van der Waals surface area contributed by atoms with Crippen LogP contribution >= 0.6 is 0 Å². The molecule has 34 heavy (non-hydrogen) atoms. The number of amides is 1. The zero-order valence-corrected chi connectivity index (χ0v) is 19.2. The number of β-amino-alcohol motifs (C(OH)–C–C–N with tert-alkyl or cyclic N) is 1. The van der Waals surface area contributed by atoms with Crippen molar-refractivity contribution in [3.63, 3.8) is 0 Å². The van der Waals surface area contributed by atoms with Gasteiger partial charge in [0, 0.05) is 38.1 Å². The molecule has 3 rings (SSSR count). The number of halogens is 1. The second kappa shape index (κ2) is 11.9. The molecule has 0 aliphatic carbocycles. The van der Waals surface area contributed by atoms with Crippen LogP contribution in [0.2, 0.25) is 0 Å². The van der Waals surface area contributed by atoms with Crippen LogP contribution in [0.25, 0.3) is 0 Å². The Labute approximate surface area is 198 Å². The first-order valence-electron chi connectivity index (χ1n) is 11.1. The maximum Gasteiger partial charge on any atom is 0.258 e. The fourth-order valence-corrected chi connectivity index (χ4v) is 3.88. The molecule has 0 aromatic heterocycles. The number of nitrogens with two attached hydrogens (primary N) is 1. The van der Waals surface area contributed by atoms with Crippen molar-refractivity contribution in [1.82, 2.24) is 4.90 Å². The van der Waals surface area contributed by atoms with E-state index in [2.05, 4.69) is 26.2 Å². The van der Waals surface area contributed by atoms with Gasteiger partial charge in [0.05, 0.1) is 34.8 Å². The first kappa shape index (κ1) is 24.9. The molecule has 8 nitrogen and oxygen atoms in total. The maximum atomic E-state index is 13.1.